The van der Waals surface area contributed by atoms with Gasteiger partial charge in [0.05, 0.1) is 5.57 Å². The van der Waals surface area contributed by atoms with Crippen molar-refractivity contribution in [2.24, 2.45) is 0 Å². The number of carbonyl (C=O) groups excluding carboxylic acids is 2. The molecule has 1 saturated heterocycles. The summed E-state index contributed by atoms with van der Waals surface area (Å²) >= 11 is 0. The van der Waals surface area contributed by atoms with E-state index in [0.29, 0.717) is 36.5 Å². The zero-order valence-electron chi connectivity index (χ0n) is 16.5. The van der Waals surface area contributed by atoms with Crippen LogP contribution in [0.15, 0.2) is 60.3 Å². The van der Waals surface area contributed by atoms with Crippen molar-refractivity contribution in [1.82, 2.24) is 14.7 Å². The minimum absolute atomic E-state index is 0.256. The van der Waals surface area contributed by atoms with Crippen LogP contribution in [0.4, 0.5) is 4.39 Å². The molecule has 0 radical (unpaired) electrons. The van der Waals surface area contributed by atoms with E-state index in [1.807, 2.05) is 23.1 Å². The third kappa shape index (κ3) is 3.80. The molecule has 0 atom stereocenters. The van der Waals surface area contributed by atoms with Crippen molar-refractivity contribution in [3.8, 4) is 0 Å². The highest BCUT2D eigenvalue weighted by atomic mass is 19.1. The Morgan fingerprint density at radius 2 is 1.52 bits per heavy atom. The van der Waals surface area contributed by atoms with Crippen LogP contribution < -0.4 is 0 Å². The van der Waals surface area contributed by atoms with Crippen molar-refractivity contribution >= 4 is 17.4 Å². The van der Waals surface area contributed by atoms with Crippen molar-refractivity contribution in [3.05, 3.63) is 77.2 Å². The number of likely N-dealkylation sites (N-methyl/N-ethyl adjacent to an activating group) is 1. The van der Waals surface area contributed by atoms with E-state index >= 15 is 0 Å². The zero-order valence-corrected chi connectivity index (χ0v) is 16.5. The largest absolute Gasteiger partial charge is 0.364 e. The van der Waals surface area contributed by atoms with Gasteiger partial charge in [-0.15, -0.1) is 0 Å². The third-order valence-corrected chi connectivity index (χ3v) is 5.53. The molecular weight excluding hydrogens is 369 g/mol. The Balaban J connectivity index is 1.57. The van der Waals surface area contributed by atoms with Crippen LogP contribution in [0.25, 0.3) is 5.57 Å². The normalized spacial score (nSPS) is 18.1. The molecule has 4 rings (SSSR count). The van der Waals surface area contributed by atoms with Gasteiger partial charge in [-0.3, -0.25) is 19.4 Å². The van der Waals surface area contributed by atoms with E-state index in [0.717, 1.165) is 19.6 Å². The molecule has 0 bridgehead atoms. The highest BCUT2D eigenvalue weighted by Gasteiger charge is 2.41. The fourth-order valence-corrected chi connectivity index (χ4v) is 3.99. The van der Waals surface area contributed by atoms with Gasteiger partial charge in [0.15, 0.2) is 0 Å². The van der Waals surface area contributed by atoms with Crippen LogP contribution in [0.5, 0.6) is 0 Å². The highest BCUT2D eigenvalue weighted by Crippen LogP contribution is 2.32. The van der Waals surface area contributed by atoms with Crippen LogP contribution in [0.1, 0.15) is 18.1 Å². The number of nitrogens with zero attached hydrogens (tertiary/aromatic N) is 3. The maximum Gasteiger partial charge on any atom is 0.277 e. The van der Waals surface area contributed by atoms with E-state index in [1.54, 1.807) is 19.1 Å². The smallest absolute Gasteiger partial charge is 0.277 e. The molecule has 2 aliphatic rings. The predicted octanol–water partition coefficient (Wildman–Crippen LogP) is 2.74. The summed E-state index contributed by atoms with van der Waals surface area (Å²) in [5.41, 5.74) is 2.68. The molecule has 0 saturated carbocycles. The number of piperazine rings is 1. The zero-order chi connectivity index (χ0) is 20.4. The first-order valence-corrected chi connectivity index (χ1v) is 9.96. The maximum absolute atomic E-state index is 13.4. The van der Waals surface area contributed by atoms with Gasteiger partial charge in [-0.2, -0.15) is 0 Å². The first-order chi connectivity index (χ1) is 14.1. The van der Waals surface area contributed by atoms with Crippen molar-refractivity contribution in [2.45, 2.75) is 13.5 Å². The lowest BCUT2D eigenvalue weighted by molar-refractivity contribution is -0.137. The van der Waals surface area contributed by atoms with Gasteiger partial charge in [-0.25, -0.2) is 4.39 Å². The Morgan fingerprint density at radius 3 is 2.14 bits per heavy atom. The van der Waals surface area contributed by atoms with Crippen LogP contribution in [-0.4, -0.2) is 59.2 Å². The van der Waals surface area contributed by atoms with E-state index in [-0.39, 0.29) is 17.6 Å². The summed E-state index contributed by atoms with van der Waals surface area (Å²) < 4.78 is 13.4. The van der Waals surface area contributed by atoms with Crippen LogP contribution in [0.3, 0.4) is 0 Å². The summed E-state index contributed by atoms with van der Waals surface area (Å²) in [6.07, 6.45) is 0. The van der Waals surface area contributed by atoms with E-state index in [1.165, 1.54) is 22.6 Å². The van der Waals surface area contributed by atoms with Crippen molar-refractivity contribution in [3.63, 3.8) is 0 Å². The van der Waals surface area contributed by atoms with Gasteiger partial charge in [0.25, 0.3) is 11.8 Å². The van der Waals surface area contributed by atoms with Gasteiger partial charge in [-0.05, 0) is 30.2 Å². The molecule has 150 valence electrons. The molecule has 2 aromatic rings. The molecule has 0 aromatic heterocycles. The quantitative estimate of drug-likeness (QED) is 0.733. The molecule has 6 heteroatoms. The Bertz CT molecular complexity index is 932. The van der Waals surface area contributed by atoms with E-state index < -0.39 is 0 Å². The van der Waals surface area contributed by atoms with E-state index in [2.05, 4.69) is 17.0 Å². The Kier molecular flexibility index (Phi) is 5.45. The number of hydrogen-bond donors (Lipinski definition) is 0. The predicted molar refractivity (Wildman–Crippen MR) is 109 cm³/mol. The first kappa shape index (κ1) is 19.3. The second-order valence-corrected chi connectivity index (χ2v) is 7.33. The highest BCUT2D eigenvalue weighted by molar-refractivity contribution is 6.35. The molecule has 2 aromatic carbocycles. The number of halogens is 1. The Morgan fingerprint density at radius 1 is 0.862 bits per heavy atom. The molecule has 2 aliphatic heterocycles. The van der Waals surface area contributed by atoms with E-state index in [4.69, 9.17) is 0 Å². The van der Waals surface area contributed by atoms with Crippen LogP contribution in [0.2, 0.25) is 0 Å². The summed E-state index contributed by atoms with van der Waals surface area (Å²) in [5.74, 6) is -0.922. The van der Waals surface area contributed by atoms with Crippen molar-refractivity contribution < 1.29 is 14.0 Å². The van der Waals surface area contributed by atoms with Crippen LogP contribution in [-0.2, 0) is 16.1 Å². The Hall–Kier alpha value is -2.99. The fraction of sp³-hybridized carbons (Fsp3) is 0.304. The fourth-order valence-electron chi connectivity index (χ4n) is 3.99. The molecule has 0 aliphatic carbocycles. The summed E-state index contributed by atoms with van der Waals surface area (Å²) in [4.78, 5) is 31.5. The average molecular weight is 393 g/mol. The number of benzene rings is 2. The second kappa shape index (κ2) is 8.17. The van der Waals surface area contributed by atoms with Gasteiger partial charge in [0.2, 0.25) is 0 Å². The molecule has 5 nitrogen and oxygen atoms in total. The molecule has 0 N–H and O–H groups in total. The summed E-state index contributed by atoms with van der Waals surface area (Å²) in [7, 11) is 0. The first-order valence-electron chi connectivity index (χ1n) is 9.96. The summed E-state index contributed by atoms with van der Waals surface area (Å²) in [6, 6.07) is 16.1. The van der Waals surface area contributed by atoms with E-state index in [9.17, 15) is 14.0 Å². The van der Waals surface area contributed by atoms with Crippen LogP contribution >= 0.6 is 0 Å². The molecule has 29 heavy (non-hydrogen) atoms. The SMILES string of the molecule is CCN1C(=O)C(c2ccc(F)cc2)=C(N2CCN(Cc3ccccc3)CC2)C1=O. The van der Waals surface area contributed by atoms with Gasteiger partial charge >= 0.3 is 0 Å². The summed E-state index contributed by atoms with van der Waals surface area (Å²) in [6.45, 7) is 5.93. The molecule has 2 heterocycles. The monoisotopic (exact) mass is 393 g/mol. The topological polar surface area (TPSA) is 43.9 Å². The minimum atomic E-state index is -0.366. The number of hydrogen-bond acceptors (Lipinski definition) is 4. The Labute approximate surface area is 170 Å². The number of rotatable bonds is 5. The van der Waals surface area contributed by atoms with Gasteiger partial charge in [-0.1, -0.05) is 42.5 Å². The molecular formula is C23H24FN3O2. The number of imide groups is 1. The van der Waals surface area contributed by atoms with Gasteiger partial charge in [0.1, 0.15) is 11.5 Å². The lowest BCUT2D eigenvalue weighted by Gasteiger charge is -2.36. The number of carbonyl (C=O) groups is 2. The third-order valence-electron chi connectivity index (χ3n) is 5.53. The summed E-state index contributed by atoms with van der Waals surface area (Å²) in [5, 5.41) is 0. The second-order valence-electron chi connectivity index (χ2n) is 7.33. The minimum Gasteiger partial charge on any atom is -0.364 e. The lowest BCUT2D eigenvalue weighted by Crippen LogP contribution is -2.47. The average Bonchev–Trinajstić information content (AvgIpc) is 2.99. The maximum atomic E-state index is 13.4. The lowest BCUT2D eigenvalue weighted by atomic mass is 10.0. The molecule has 2 amide bonds. The van der Waals surface area contributed by atoms with Crippen LogP contribution in [0, 0.1) is 5.82 Å². The molecule has 0 spiro atoms. The number of amides is 2. The van der Waals surface area contributed by atoms with Gasteiger partial charge < -0.3 is 4.90 Å². The standard InChI is InChI=1S/C23H24FN3O2/c1-2-27-22(28)20(18-8-10-19(24)11-9-18)21(23(27)29)26-14-12-25(13-15-26)16-17-6-4-3-5-7-17/h3-11H,2,12-16H2,1H3. The molecule has 1 fully saturated rings. The van der Waals surface area contributed by atoms with Gasteiger partial charge in [0, 0.05) is 39.3 Å². The van der Waals surface area contributed by atoms with Crippen molar-refractivity contribution in [2.75, 3.05) is 32.7 Å². The van der Waals surface area contributed by atoms with Crippen molar-refractivity contribution in [1.29, 1.82) is 0 Å². The molecule has 0 unspecified atom stereocenters.